The van der Waals surface area contributed by atoms with Crippen LogP contribution in [0.25, 0.3) is 0 Å². The van der Waals surface area contributed by atoms with Gasteiger partial charge in [-0.15, -0.1) is 0 Å². The lowest BCUT2D eigenvalue weighted by atomic mass is 10.0. The molecule has 0 aliphatic heterocycles. The zero-order chi connectivity index (χ0) is 13.7. The highest BCUT2D eigenvalue weighted by molar-refractivity contribution is 5.36. The van der Waals surface area contributed by atoms with Crippen LogP contribution in [0.3, 0.4) is 0 Å². The van der Waals surface area contributed by atoms with Crippen molar-refractivity contribution < 1.29 is 4.74 Å². The molecule has 2 aromatic rings. The first-order valence-corrected chi connectivity index (χ1v) is 6.41. The Kier molecular flexibility index (Phi) is 4.20. The second-order valence-electron chi connectivity index (χ2n) is 4.79. The van der Waals surface area contributed by atoms with Gasteiger partial charge in [0.25, 0.3) is 0 Å². The maximum Gasteiger partial charge on any atom is 0.123 e. The molecule has 0 unspecified atom stereocenters. The van der Waals surface area contributed by atoms with Crippen molar-refractivity contribution in [1.29, 1.82) is 5.26 Å². The third-order valence-electron chi connectivity index (χ3n) is 3.02. The highest BCUT2D eigenvalue weighted by Crippen LogP contribution is 2.26. The largest absolute Gasteiger partial charge is 0.489 e. The third kappa shape index (κ3) is 3.35. The van der Waals surface area contributed by atoms with Crippen molar-refractivity contribution in [3.05, 3.63) is 65.2 Å². The molecule has 0 saturated carbocycles. The number of nitriles is 1. The SMILES string of the molecule is CC(C)c1ccccc1OCc1ccc(C#N)cc1. The summed E-state index contributed by atoms with van der Waals surface area (Å²) < 4.78 is 5.88. The molecule has 2 aromatic carbocycles. The molecule has 0 atom stereocenters. The predicted molar refractivity (Wildman–Crippen MR) is 76.0 cm³/mol. The first-order valence-electron chi connectivity index (χ1n) is 6.41. The van der Waals surface area contributed by atoms with Gasteiger partial charge in [0.05, 0.1) is 11.6 Å². The van der Waals surface area contributed by atoms with Crippen LogP contribution in [0.1, 0.15) is 36.5 Å². The van der Waals surface area contributed by atoms with E-state index in [0.29, 0.717) is 18.1 Å². The lowest BCUT2D eigenvalue weighted by molar-refractivity contribution is 0.302. The lowest BCUT2D eigenvalue weighted by Crippen LogP contribution is -1.99. The van der Waals surface area contributed by atoms with E-state index in [1.807, 2.05) is 42.5 Å². The zero-order valence-electron chi connectivity index (χ0n) is 11.3. The number of para-hydroxylation sites is 1. The Bertz CT molecular complexity index is 579. The minimum atomic E-state index is 0.442. The summed E-state index contributed by atoms with van der Waals surface area (Å²) in [6.07, 6.45) is 0. The number of hydrogen-bond acceptors (Lipinski definition) is 2. The second kappa shape index (κ2) is 6.06. The quantitative estimate of drug-likeness (QED) is 0.813. The molecule has 2 nitrogen and oxygen atoms in total. The maximum absolute atomic E-state index is 8.75. The van der Waals surface area contributed by atoms with Crippen LogP contribution in [-0.4, -0.2) is 0 Å². The van der Waals surface area contributed by atoms with E-state index < -0.39 is 0 Å². The van der Waals surface area contributed by atoms with Gasteiger partial charge in [-0.3, -0.25) is 0 Å². The van der Waals surface area contributed by atoms with Gasteiger partial charge < -0.3 is 4.74 Å². The minimum absolute atomic E-state index is 0.442. The summed E-state index contributed by atoms with van der Waals surface area (Å²) in [6.45, 7) is 4.84. The Morgan fingerprint density at radius 2 is 1.74 bits per heavy atom. The first-order chi connectivity index (χ1) is 9.20. The molecule has 0 aliphatic rings. The molecule has 0 amide bonds. The fraction of sp³-hybridized carbons (Fsp3) is 0.235. The summed E-state index contributed by atoms with van der Waals surface area (Å²) in [6, 6.07) is 17.7. The highest BCUT2D eigenvalue weighted by Gasteiger charge is 2.06. The fourth-order valence-corrected chi connectivity index (χ4v) is 1.93. The molecule has 0 N–H and O–H groups in total. The van der Waals surface area contributed by atoms with Crippen LogP contribution in [0.4, 0.5) is 0 Å². The van der Waals surface area contributed by atoms with Gasteiger partial charge in [0.15, 0.2) is 0 Å². The Morgan fingerprint density at radius 3 is 2.37 bits per heavy atom. The van der Waals surface area contributed by atoms with Crippen molar-refractivity contribution in [1.82, 2.24) is 0 Å². The van der Waals surface area contributed by atoms with Gasteiger partial charge in [-0.05, 0) is 35.2 Å². The predicted octanol–water partition coefficient (Wildman–Crippen LogP) is 4.26. The molecule has 0 bridgehead atoms. The molecule has 2 rings (SSSR count). The van der Waals surface area contributed by atoms with Crippen molar-refractivity contribution in [3.8, 4) is 11.8 Å². The average Bonchev–Trinajstić information content (AvgIpc) is 2.46. The van der Waals surface area contributed by atoms with Gasteiger partial charge in [0, 0.05) is 0 Å². The molecule has 2 heteroatoms. The van der Waals surface area contributed by atoms with Crippen LogP contribution < -0.4 is 4.74 Å². The van der Waals surface area contributed by atoms with Crippen molar-refractivity contribution in [2.75, 3.05) is 0 Å². The van der Waals surface area contributed by atoms with Crippen LogP contribution in [0.2, 0.25) is 0 Å². The van der Waals surface area contributed by atoms with E-state index in [4.69, 9.17) is 10.00 Å². The van der Waals surface area contributed by atoms with Crippen LogP contribution in [0.5, 0.6) is 5.75 Å². The third-order valence-corrected chi connectivity index (χ3v) is 3.02. The molecule has 0 aromatic heterocycles. The Morgan fingerprint density at radius 1 is 1.05 bits per heavy atom. The van der Waals surface area contributed by atoms with Gasteiger partial charge in [-0.25, -0.2) is 0 Å². The smallest absolute Gasteiger partial charge is 0.123 e. The molecule has 96 valence electrons. The zero-order valence-corrected chi connectivity index (χ0v) is 11.3. The van der Waals surface area contributed by atoms with Crippen LogP contribution >= 0.6 is 0 Å². The summed E-state index contributed by atoms with van der Waals surface area (Å²) >= 11 is 0. The fourth-order valence-electron chi connectivity index (χ4n) is 1.93. The molecule has 0 saturated heterocycles. The molecule has 0 heterocycles. The van der Waals surface area contributed by atoms with Crippen LogP contribution in [0, 0.1) is 11.3 Å². The summed E-state index contributed by atoms with van der Waals surface area (Å²) in [5, 5.41) is 8.75. The van der Waals surface area contributed by atoms with Crippen LogP contribution in [-0.2, 0) is 6.61 Å². The summed E-state index contributed by atoms with van der Waals surface area (Å²) in [5.41, 5.74) is 2.96. The van der Waals surface area contributed by atoms with Gasteiger partial charge in [0.1, 0.15) is 12.4 Å². The van der Waals surface area contributed by atoms with Gasteiger partial charge >= 0.3 is 0 Å². The number of benzene rings is 2. The standard InChI is InChI=1S/C17H17NO/c1-13(2)16-5-3-4-6-17(16)19-12-15-9-7-14(11-18)8-10-15/h3-10,13H,12H2,1-2H3. The lowest BCUT2D eigenvalue weighted by Gasteiger charge is -2.13. The Hall–Kier alpha value is -2.27. The van der Waals surface area contributed by atoms with Gasteiger partial charge in [0.2, 0.25) is 0 Å². The summed E-state index contributed by atoms with van der Waals surface area (Å²) in [4.78, 5) is 0. The van der Waals surface area contributed by atoms with E-state index in [9.17, 15) is 0 Å². The Labute approximate surface area is 114 Å². The minimum Gasteiger partial charge on any atom is -0.489 e. The van der Waals surface area contributed by atoms with E-state index in [1.54, 1.807) is 0 Å². The van der Waals surface area contributed by atoms with Crippen molar-refractivity contribution >= 4 is 0 Å². The summed E-state index contributed by atoms with van der Waals surface area (Å²) in [7, 11) is 0. The van der Waals surface area contributed by atoms with E-state index in [2.05, 4.69) is 26.0 Å². The molecule has 0 radical (unpaired) electrons. The number of rotatable bonds is 4. The number of ether oxygens (including phenoxy) is 1. The topological polar surface area (TPSA) is 33.0 Å². The molecule has 0 spiro atoms. The molecular weight excluding hydrogens is 234 g/mol. The van der Waals surface area contributed by atoms with Crippen LogP contribution in [0.15, 0.2) is 48.5 Å². The normalized spacial score (nSPS) is 10.2. The first kappa shape index (κ1) is 13.2. The monoisotopic (exact) mass is 251 g/mol. The van der Waals surface area contributed by atoms with E-state index in [-0.39, 0.29) is 0 Å². The van der Waals surface area contributed by atoms with E-state index in [1.165, 1.54) is 5.56 Å². The van der Waals surface area contributed by atoms with Crippen molar-refractivity contribution in [2.24, 2.45) is 0 Å². The van der Waals surface area contributed by atoms with Gasteiger partial charge in [-0.1, -0.05) is 44.2 Å². The average molecular weight is 251 g/mol. The summed E-state index contributed by atoms with van der Waals surface area (Å²) in [5.74, 6) is 1.37. The highest BCUT2D eigenvalue weighted by atomic mass is 16.5. The number of nitrogens with zero attached hydrogens (tertiary/aromatic N) is 1. The molecule has 0 aliphatic carbocycles. The maximum atomic E-state index is 8.75. The molecular formula is C17H17NO. The molecule has 19 heavy (non-hydrogen) atoms. The Balaban J connectivity index is 2.08. The van der Waals surface area contributed by atoms with Gasteiger partial charge in [-0.2, -0.15) is 5.26 Å². The molecule has 0 fully saturated rings. The van der Waals surface area contributed by atoms with E-state index in [0.717, 1.165) is 11.3 Å². The van der Waals surface area contributed by atoms with Crippen molar-refractivity contribution in [2.45, 2.75) is 26.4 Å². The van der Waals surface area contributed by atoms with Crippen molar-refractivity contribution in [3.63, 3.8) is 0 Å². The van der Waals surface area contributed by atoms with E-state index >= 15 is 0 Å². The number of hydrogen-bond donors (Lipinski definition) is 0. The second-order valence-corrected chi connectivity index (χ2v) is 4.79.